The van der Waals surface area contributed by atoms with E-state index in [9.17, 15) is 9.18 Å². The third-order valence-electron chi connectivity index (χ3n) is 6.50. The van der Waals surface area contributed by atoms with E-state index in [-0.39, 0.29) is 23.8 Å². The molecule has 2 bridgehead atoms. The Kier molecular flexibility index (Phi) is 4.18. The Labute approximate surface area is 158 Å². The monoisotopic (exact) mass is 365 g/mol. The zero-order chi connectivity index (χ0) is 18.4. The highest BCUT2D eigenvalue weighted by atomic mass is 19.1. The molecule has 2 atom stereocenters. The van der Waals surface area contributed by atoms with Crippen molar-refractivity contribution in [2.75, 3.05) is 0 Å². The van der Waals surface area contributed by atoms with E-state index in [1.54, 1.807) is 12.1 Å². The van der Waals surface area contributed by atoms with E-state index in [1.165, 1.54) is 31.4 Å². The van der Waals surface area contributed by atoms with Crippen molar-refractivity contribution < 1.29 is 9.18 Å². The lowest BCUT2D eigenvalue weighted by Crippen LogP contribution is -2.45. The fraction of sp³-hybridized carbons (Fsp3) is 0.500. The number of fused-ring (bicyclic) bond motifs is 4. The van der Waals surface area contributed by atoms with Gasteiger partial charge in [-0.05, 0) is 49.9 Å². The predicted molar refractivity (Wildman–Crippen MR) is 100 cm³/mol. The molecule has 1 aliphatic carbocycles. The zero-order valence-electron chi connectivity index (χ0n) is 15.4. The number of carbonyl (C=O) groups excluding carboxylic acids is 1. The Hall–Kier alpha value is -2.30. The molecule has 3 aliphatic rings. The fourth-order valence-electron chi connectivity index (χ4n) is 5.11. The van der Waals surface area contributed by atoms with E-state index in [2.05, 4.69) is 9.88 Å². The fourth-order valence-corrected chi connectivity index (χ4v) is 5.11. The first-order valence-corrected chi connectivity index (χ1v) is 10.1. The van der Waals surface area contributed by atoms with Crippen molar-refractivity contribution in [2.45, 2.75) is 63.5 Å². The maximum Gasteiger partial charge on any atom is 0.226 e. The summed E-state index contributed by atoms with van der Waals surface area (Å²) in [6, 6.07) is 6.71. The number of rotatable bonds is 2. The van der Waals surface area contributed by atoms with Crippen LogP contribution in [0.3, 0.4) is 0 Å². The molecule has 5 heteroatoms. The van der Waals surface area contributed by atoms with Crippen molar-refractivity contribution in [1.82, 2.24) is 14.9 Å². The summed E-state index contributed by atoms with van der Waals surface area (Å²) in [6.07, 6.45) is 10.5. The van der Waals surface area contributed by atoms with Gasteiger partial charge >= 0.3 is 0 Å². The number of hydrogen-bond acceptors (Lipinski definition) is 3. The van der Waals surface area contributed by atoms with Crippen LogP contribution in [-0.2, 0) is 11.2 Å². The van der Waals surface area contributed by atoms with Gasteiger partial charge in [-0.2, -0.15) is 0 Å². The van der Waals surface area contributed by atoms with E-state index >= 15 is 0 Å². The van der Waals surface area contributed by atoms with Gasteiger partial charge in [0.1, 0.15) is 5.82 Å². The summed E-state index contributed by atoms with van der Waals surface area (Å²) in [5, 5.41) is 0. The van der Waals surface area contributed by atoms with Gasteiger partial charge in [-0.15, -0.1) is 0 Å². The quantitative estimate of drug-likeness (QED) is 0.790. The van der Waals surface area contributed by atoms with Gasteiger partial charge in [0, 0.05) is 35.7 Å². The largest absolute Gasteiger partial charge is 0.332 e. The molecule has 1 amide bonds. The number of benzene rings is 1. The Morgan fingerprint density at radius 3 is 2.59 bits per heavy atom. The summed E-state index contributed by atoms with van der Waals surface area (Å²) in [6.45, 7) is 0. The lowest BCUT2D eigenvalue weighted by molar-refractivity contribution is -0.140. The molecule has 1 saturated carbocycles. The molecule has 2 unspecified atom stereocenters. The van der Waals surface area contributed by atoms with Crippen LogP contribution in [0.2, 0.25) is 0 Å². The lowest BCUT2D eigenvalue weighted by atomic mass is 9.86. The van der Waals surface area contributed by atoms with Crippen molar-refractivity contribution >= 4 is 5.91 Å². The van der Waals surface area contributed by atoms with Crippen LogP contribution < -0.4 is 0 Å². The molecule has 5 rings (SSSR count). The molecule has 1 saturated heterocycles. The molecule has 4 nitrogen and oxygen atoms in total. The van der Waals surface area contributed by atoms with Gasteiger partial charge < -0.3 is 4.90 Å². The summed E-state index contributed by atoms with van der Waals surface area (Å²) >= 11 is 0. The Balaban J connectivity index is 1.43. The molecule has 1 aromatic heterocycles. The van der Waals surface area contributed by atoms with Crippen LogP contribution in [0.15, 0.2) is 30.5 Å². The number of amides is 1. The average Bonchev–Trinajstić information content (AvgIpc) is 3.03. The van der Waals surface area contributed by atoms with Crippen LogP contribution >= 0.6 is 0 Å². The van der Waals surface area contributed by atoms with Crippen molar-refractivity contribution in [3.8, 4) is 11.4 Å². The summed E-state index contributed by atoms with van der Waals surface area (Å²) in [7, 11) is 0. The second-order valence-electron chi connectivity index (χ2n) is 8.13. The van der Waals surface area contributed by atoms with Gasteiger partial charge in [0.15, 0.2) is 5.82 Å². The maximum absolute atomic E-state index is 13.2. The molecular weight excluding hydrogens is 341 g/mol. The van der Waals surface area contributed by atoms with Crippen molar-refractivity contribution in [3.05, 3.63) is 47.5 Å². The first kappa shape index (κ1) is 16.8. The Morgan fingerprint density at radius 2 is 1.81 bits per heavy atom. The van der Waals surface area contributed by atoms with E-state index < -0.39 is 0 Å². The van der Waals surface area contributed by atoms with Gasteiger partial charge in [-0.25, -0.2) is 14.4 Å². The van der Waals surface area contributed by atoms with E-state index in [4.69, 9.17) is 4.98 Å². The Morgan fingerprint density at radius 1 is 1.04 bits per heavy atom. The molecule has 0 radical (unpaired) electrons. The highest BCUT2D eigenvalue weighted by molar-refractivity contribution is 5.80. The molecular formula is C22H24FN3O. The van der Waals surface area contributed by atoms with Crippen molar-refractivity contribution in [2.24, 2.45) is 5.92 Å². The SMILES string of the molecule is O=C(C1CCCCC1)N1C2CCC1c1cnc(-c3ccc(F)cc3)nc1C2. The van der Waals surface area contributed by atoms with E-state index in [1.807, 2.05) is 6.20 Å². The third kappa shape index (κ3) is 2.93. The molecule has 0 spiro atoms. The standard InChI is InChI=1S/C22H24FN3O/c23-16-8-6-14(7-9-16)21-24-13-18-19(25-21)12-17-10-11-20(18)26(17)22(27)15-4-2-1-3-5-15/h6-9,13,15,17,20H,1-5,10-12H2. The summed E-state index contributed by atoms with van der Waals surface area (Å²) in [4.78, 5) is 24.7. The molecule has 0 N–H and O–H groups in total. The number of hydrogen-bond donors (Lipinski definition) is 0. The summed E-state index contributed by atoms with van der Waals surface area (Å²) in [5.74, 6) is 0.949. The van der Waals surface area contributed by atoms with Crippen LogP contribution in [0.25, 0.3) is 11.4 Å². The van der Waals surface area contributed by atoms with Crippen molar-refractivity contribution in [3.63, 3.8) is 0 Å². The smallest absolute Gasteiger partial charge is 0.226 e. The average molecular weight is 365 g/mol. The number of aromatic nitrogens is 2. The predicted octanol–water partition coefficient (Wildman–Crippen LogP) is 4.45. The van der Waals surface area contributed by atoms with Gasteiger partial charge in [-0.1, -0.05) is 19.3 Å². The molecule has 140 valence electrons. The lowest BCUT2D eigenvalue weighted by Gasteiger charge is -2.38. The number of nitrogens with zero attached hydrogens (tertiary/aromatic N) is 3. The first-order chi connectivity index (χ1) is 13.2. The first-order valence-electron chi connectivity index (χ1n) is 10.1. The van der Waals surface area contributed by atoms with Gasteiger partial charge in [0.05, 0.1) is 11.7 Å². The van der Waals surface area contributed by atoms with Crippen LogP contribution in [0.1, 0.15) is 62.2 Å². The highest BCUT2D eigenvalue weighted by Gasteiger charge is 2.45. The maximum atomic E-state index is 13.2. The summed E-state index contributed by atoms with van der Waals surface area (Å²) in [5.41, 5.74) is 3.00. The normalized spacial score (nSPS) is 24.7. The topological polar surface area (TPSA) is 46.1 Å². The zero-order valence-corrected chi connectivity index (χ0v) is 15.4. The molecule has 3 heterocycles. The van der Waals surface area contributed by atoms with E-state index in [0.717, 1.165) is 48.9 Å². The minimum absolute atomic E-state index is 0.135. The highest BCUT2D eigenvalue weighted by Crippen LogP contribution is 2.45. The molecule has 27 heavy (non-hydrogen) atoms. The van der Waals surface area contributed by atoms with Crippen LogP contribution in [0, 0.1) is 11.7 Å². The van der Waals surface area contributed by atoms with Crippen LogP contribution in [0.5, 0.6) is 0 Å². The second-order valence-corrected chi connectivity index (χ2v) is 8.13. The summed E-state index contributed by atoms with van der Waals surface area (Å²) < 4.78 is 13.2. The minimum Gasteiger partial charge on any atom is -0.332 e. The van der Waals surface area contributed by atoms with Gasteiger partial charge in [0.2, 0.25) is 5.91 Å². The minimum atomic E-state index is -0.258. The number of carbonyl (C=O) groups is 1. The molecule has 2 aliphatic heterocycles. The van der Waals surface area contributed by atoms with Crippen LogP contribution in [-0.4, -0.2) is 26.8 Å². The second kappa shape index (κ2) is 6.70. The molecule has 1 aromatic carbocycles. The molecule has 2 aromatic rings. The van der Waals surface area contributed by atoms with Crippen LogP contribution in [0.4, 0.5) is 4.39 Å². The van der Waals surface area contributed by atoms with Gasteiger partial charge in [0.25, 0.3) is 0 Å². The Bertz CT molecular complexity index is 860. The number of halogens is 1. The van der Waals surface area contributed by atoms with Gasteiger partial charge in [-0.3, -0.25) is 4.79 Å². The van der Waals surface area contributed by atoms with E-state index in [0.29, 0.717) is 11.7 Å². The molecule has 2 fully saturated rings. The van der Waals surface area contributed by atoms with Crippen molar-refractivity contribution in [1.29, 1.82) is 0 Å². The third-order valence-corrected chi connectivity index (χ3v) is 6.50.